The minimum atomic E-state index is -8.34. The number of ether oxygens (including phenoxy) is 1. The Morgan fingerprint density at radius 1 is 0.657 bits per heavy atom. The van der Waals surface area contributed by atoms with Gasteiger partial charge in [-0.3, -0.25) is 0 Å². The van der Waals surface area contributed by atoms with Crippen molar-refractivity contribution >= 4 is 0 Å². The molecule has 0 spiro atoms. The van der Waals surface area contributed by atoms with Crippen LogP contribution >= 0.6 is 0 Å². The number of halogens is 15. The van der Waals surface area contributed by atoms with Gasteiger partial charge in [-0.05, 0) is 24.6 Å². The maximum Gasteiger partial charge on any atom is 0.460 e. The highest BCUT2D eigenvalue weighted by atomic mass is 19.4. The van der Waals surface area contributed by atoms with Gasteiger partial charge in [-0.2, -0.15) is 71.1 Å². The second-order valence-corrected chi connectivity index (χ2v) is 7.38. The fraction of sp³-hybridized carbons (Fsp3) is 0.611. The van der Waals surface area contributed by atoms with Crippen LogP contribution in [0.15, 0.2) is 24.3 Å². The fourth-order valence-corrected chi connectivity index (χ4v) is 2.72. The lowest BCUT2D eigenvalue weighted by Crippen LogP contribution is -2.72. The lowest BCUT2D eigenvalue weighted by Gasteiger charge is -2.43. The highest BCUT2D eigenvalue weighted by molar-refractivity contribution is 5.34. The standard InChI is InChI=1S/C18H12F15NO/c1-11(35-2,10-5-3-9(7-34)4-6-10)8-12(19,20)13(21,22)14(23,24)15(25,26)16(27,28)17(29,30)18(31,32)33/h3-6H,8H2,1-2H3. The van der Waals surface area contributed by atoms with E-state index in [9.17, 15) is 65.9 Å². The third-order valence-electron chi connectivity index (χ3n) is 5.03. The Kier molecular flexibility index (Phi) is 7.56. The van der Waals surface area contributed by atoms with Crippen molar-refractivity contribution in [2.75, 3.05) is 7.11 Å². The SMILES string of the molecule is COC(C)(CC(F)(F)C(F)(F)C(F)(F)C(F)(F)C(F)(F)C(F)(F)C(F)(F)F)c1ccc(C#N)cc1. The molecule has 0 aliphatic rings. The van der Waals surface area contributed by atoms with Gasteiger partial charge in [0.2, 0.25) is 0 Å². The molecule has 1 rings (SSSR count). The summed E-state index contributed by atoms with van der Waals surface area (Å²) >= 11 is 0. The Bertz CT molecular complexity index is 946. The quantitative estimate of drug-likeness (QED) is 0.309. The van der Waals surface area contributed by atoms with Crippen LogP contribution in [-0.2, 0) is 10.3 Å². The lowest BCUT2D eigenvalue weighted by atomic mass is 9.83. The number of rotatable bonds is 9. The monoisotopic (exact) mass is 543 g/mol. The number of nitrogens with zero attached hydrogens (tertiary/aromatic N) is 1. The van der Waals surface area contributed by atoms with Gasteiger partial charge in [-0.1, -0.05) is 12.1 Å². The summed E-state index contributed by atoms with van der Waals surface area (Å²) in [6.07, 6.45) is -10.3. The second-order valence-electron chi connectivity index (χ2n) is 7.38. The van der Waals surface area contributed by atoms with Gasteiger partial charge >= 0.3 is 41.7 Å². The Balaban J connectivity index is 3.58. The molecule has 1 atom stereocenters. The van der Waals surface area contributed by atoms with Crippen molar-refractivity contribution in [2.45, 2.75) is 60.7 Å². The first-order valence-electron chi connectivity index (χ1n) is 8.70. The first-order valence-corrected chi connectivity index (χ1v) is 8.70. The molecule has 1 aromatic carbocycles. The van der Waals surface area contributed by atoms with Gasteiger partial charge in [0.1, 0.15) is 0 Å². The number of benzene rings is 1. The lowest BCUT2D eigenvalue weighted by molar-refractivity contribution is -0.453. The van der Waals surface area contributed by atoms with E-state index in [0.717, 1.165) is 24.3 Å². The summed E-state index contributed by atoms with van der Waals surface area (Å²) < 4.78 is 205. The van der Waals surface area contributed by atoms with Gasteiger partial charge in [0.05, 0.1) is 23.7 Å². The van der Waals surface area contributed by atoms with E-state index in [4.69, 9.17) is 5.26 Å². The molecule has 0 fully saturated rings. The van der Waals surface area contributed by atoms with Crippen LogP contribution in [0.4, 0.5) is 65.9 Å². The number of alkyl halides is 15. The summed E-state index contributed by atoms with van der Waals surface area (Å²) in [5, 5.41) is 8.68. The molecule has 1 aromatic rings. The Morgan fingerprint density at radius 3 is 1.37 bits per heavy atom. The van der Waals surface area contributed by atoms with Gasteiger partial charge in [0.15, 0.2) is 0 Å². The number of hydrogen-bond acceptors (Lipinski definition) is 2. The molecule has 0 saturated heterocycles. The molecule has 0 aliphatic heterocycles. The minimum Gasteiger partial charge on any atom is -0.374 e. The van der Waals surface area contributed by atoms with Crippen LogP contribution in [0.3, 0.4) is 0 Å². The predicted molar refractivity (Wildman–Crippen MR) is 85.9 cm³/mol. The van der Waals surface area contributed by atoms with Crippen molar-refractivity contribution in [1.82, 2.24) is 0 Å². The van der Waals surface area contributed by atoms with E-state index in [-0.39, 0.29) is 5.56 Å². The van der Waals surface area contributed by atoms with E-state index in [1.165, 1.54) is 0 Å². The molecule has 0 saturated carbocycles. The van der Waals surface area contributed by atoms with E-state index in [2.05, 4.69) is 4.74 Å². The third-order valence-corrected chi connectivity index (χ3v) is 5.03. The average Bonchev–Trinajstić information content (AvgIpc) is 2.71. The summed E-state index contributed by atoms with van der Waals surface area (Å²) in [4.78, 5) is 0. The van der Waals surface area contributed by atoms with Gasteiger partial charge in [-0.25, -0.2) is 0 Å². The summed E-state index contributed by atoms with van der Waals surface area (Å²) in [6, 6.07) is 4.97. The molecule has 0 heterocycles. The first kappa shape index (κ1) is 30.7. The van der Waals surface area contributed by atoms with Crippen molar-refractivity contribution in [3.05, 3.63) is 35.4 Å². The molecule has 35 heavy (non-hydrogen) atoms. The number of nitriles is 1. The number of hydrogen-bond donors (Lipinski definition) is 0. The zero-order valence-corrected chi connectivity index (χ0v) is 17.0. The molecular weight excluding hydrogens is 531 g/mol. The van der Waals surface area contributed by atoms with Gasteiger partial charge in [-0.15, -0.1) is 0 Å². The molecule has 0 aromatic heterocycles. The highest BCUT2D eigenvalue weighted by Crippen LogP contribution is 2.63. The largest absolute Gasteiger partial charge is 0.460 e. The topological polar surface area (TPSA) is 33.0 Å². The summed E-state index contributed by atoms with van der Waals surface area (Å²) in [6.45, 7) is 0.529. The van der Waals surface area contributed by atoms with Crippen LogP contribution in [0.25, 0.3) is 0 Å². The normalized spacial score (nSPS) is 16.6. The van der Waals surface area contributed by atoms with E-state index in [0.29, 0.717) is 14.0 Å². The Hall–Kier alpha value is -2.38. The smallest absolute Gasteiger partial charge is 0.374 e. The van der Waals surface area contributed by atoms with E-state index in [1.54, 1.807) is 6.07 Å². The molecule has 2 nitrogen and oxygen atoms in total. The maximum absolute atomic E-state index is 14.3. The zero-order valence-electron chi connectivity index (χ0n) is 17.0. The van der Waals surface area contributed by atoms with Crippen LogP contribution in [0, 0.1) is 11.3 Å². The zero-order chi connectivity index (χ0) is 28.1. The molecule has 0 radical (unpaired) electrons. The molecule has 1 unspecified atom stereocenters. The van der Waals surface area contributed by atoms with Gasteiger partial charge in [0.25, 0.3) is 0 Å². The summed E-state index contributed by atoms with van der Waals surface area (Å²) in [5.41, 5.74) is -3.44. The molecule has 0 N–H and O–H groups in total. The van der Waals surface area contributed by atoms with Crippen molar-refractivity contribution in [3.8, 4) is 6.07 Å². The molecule has 0 amide bonds. The Labute approximate surface area is 186 Å². The summed E-state index contributed by atoms with van der Waals surface area (Å²) in [7, 11) is 0.553. The van der Waals surface area contributed by atoms with Crippen molar-refractivity contribution in [3.63, 3.8) is 0 Å². The molecule has 17 heteroatoms. The van der Waals surface area contributed by atoms with Gasteiger partial charge in [0, 0.05) is 7.11 Å². The van der Waals surface area contributed by atoms with Gasteiger partial charge < -0.3 is 4.74 Å². The minimum absolute atomic E-state index is 0.122. The van der Waals surface area contributed by atoms with Crippen LogP contribution < -0.4 is 0 Å². The first-order chi connectivity index (χ1) is 15.3. The van der Waals surface area contributed by atoms with Crippen LogP contribution in [0.2, 0.25) is 0 Å². The number of methoxy groups -OCH3 is 1. The Morgan fingerprint density at radius 2 is 1.03 bits per heavy atom. The predicted octanol–water partition coefficient (Wildman–Crippen LogP) is 7.18. The third kappa shape index (κ3) is 4.49. The average molecular weight is 543 g/mol. The van der Waals surface area contributed by atoms with Crippen LogP contribution in [-0.4, -0.2) is 48.8 Å². The fourth-order valence-electron chi connectivity index (χ4n) is 2.72. The molecule has 0 bridgehead atoms. The molecular formula is C18H12F15NO. The highest BCUT2D eigenvalue weighted by Gasteiger charge is 2.93. The van der Waals surface area contributed by atoms with E-state index in [1.807, 2.05) is 0 Å². The van der Waals surface area contributed by atoms with Crippen molar-refractivity contribution in [2.24, 2.45) is 0 Å². The van der Waals surface area contributed by atoms with Crippen LogP contribution in [0.1, 0.15) is 24.5 Å². The van der Waals surface area contributed by atoms with Crippen molar-refractivity contribution < 1.29 is 70.6 Å². The molecule has 0 aliphatic carbocycles. The van der Waals surface area contributed by atoms with Crippen molar-refractivity contribution in [1.29, 1.82) is 5.26 Å². The second kappa shape index (κ2) is 8.63. The molecule has 200 valence electrons. The maximum atomic E-state index is 14.3. The van der Waals surface area contributed by atoms with Crippen LogP contribution in [0.5, 0.6) is 0 Å². The van der Waals surface area contributed by atoms with E-state index < -0.39 is 59.3 Å². The van der Waals surface area contributed by atoms with E-state index >= 15 is 0 Å². The summed E-state index contributed by atoms with van der Waals surface area (Å²) in [5.74, 6) is -46.9.